The topological polar surface area (TPSA) is 121 Å². The largest absolute Gasteiger partial charge is 0.412 e. The molecule has 6 heteroatoms. The predicted molar refractivity (Wildman–Crippen MR) is 74.6 cm³/mol. The van der Waals surface area contributed by atoms with Crippen molar-refractivity contribution in [3.8, 4) is 0 Å². The fraction of sp³-hybridized carbons (Fsp3) is 0.917. The minimum absolute atomic E-state index is 0. The highest BCUT2D eigenvalue weighted by molar-refractivity contribution is 6.13. The second-order valence-electron chi connectivity index (χ2n) is 4.03. The van der Waals surface area contributed by atoms with E-state index in [-0.39, 0.29) is 22.4 Å². The summed E-state index contributed by atoms with van der Waals surface area (Å²) in [5.74, 6) is -0.306. The second kappa shape index (κ2) is 21.9. The third-order valence-electron chi connectivity index (χ3n) is 2.57. The number of rotatable bonds is 10. The molecule has 0 heterocycles. The lowest BCUT2D eigenvalue weighted by molar-refractivity contribution is -0.134. The Hall–Kier alpha value is -0.360. The van der Waals surface area contributed by atoms with E-state index < -0.39 is 0 Å². The zero-order valence-corrected chi connectivity index (χ0v) is 12.0. The van der Waals surface area contributed by atoms with Crippen molar-refractivity contribution in [3.05, 3.63) is 0 Å². The van der Waals surface area contributed by atoms with E-state index in [0.717, 1.165) is 12.8 Å². The van der Waals surface area contributed by atoms with Gasteiger partial charge in [0.1, 0.15) is 11.9 Å². The summed E-state index contributed by atoms with van der Waals surface area (Å²) in [6.45, 7) is 2.23. The molecule has 0 spiro atoms. The quantitative estimate of drug-likeness (QED) is 0.572. The SMILES string of the molecule is CCCCCCCCCCCC(=O)OCl.O.O.O. The lowest BCUT2D eigenvalue weighted by atomic mass is 10.1. The minimum Gasteiger partial charge on any atom is -0.412 e. The molecule has 0 atom stereocenters. The van der Waals surface area contributed by atoms with Crippen LogP contribution in [0.5, 0.6) is 0 Å². The van der Waals surface area contributed by atoms with Crippen LogP contribution in [-0.2, 0) is 9.08 Å². The molecule has 0 aromatic rings. The van der Waals surface area contributed by atoms with Crippen molar-refractivity contribution in [2.24, 2.45) is 0 Å². The van der Waals surface area contributed by atoms with Crippen molar-refractivity contribution < 1.29 is 25.5 Å². The lowest BCUT2D eigenvalue weighted by Crippen LogP contribution is -1.95. The smallest absolute Gasteiger partial charge is 0.324 e. The first-order valence-corrected chi connectivity index (χ1v) is 6.43. The first-order chi connectivity index (χ1) is 7.31. The van der Waals surface area contributed by atoms with Crippen LogP contribution in [0.3, 0.4) is 0 Å². The van der Waals surface area contributed by atoms with E-state index in [1.165, 1.54) is 44.9 Å². The molecule has 0 aromatic heterocycles. The average Bonchev–Trinajstić information content (AvgIpc) is 2.26. The van der Waals surface area contributed by atoms with Crippen molar-refractivity contribution >= 4 is 17.8 Å². The monoisotopic (exact) mass is 288 g/mol. The van der Waals surface area contributed by atoms with Gasteiger partial charge in [0.05, 0.1) is 0 Å². The molecule has 18 heavy (non-hydrogen) atoms. The zero-order valence-electron chi connectivity index (χ0n) is 11.3. The van der Waals surface area contributed by atoms with Crippen LogP contribution >= 0.6 is 11.9 Å². The molecule has 114 valence electrons. The van der Waals surface area contributed by atoms with E-state index in [0.29, 0.717) is 6.42 Å². The van der Waals surface area contributed by atoms with Crippen LogP contribution in [0.15, 0.2) is 0 Å². The first-order valence-electron chi connectivity index (χ1n) is 6.12. The van der Waals surface area contributed by atoms with E-state index in [9.17, 15) is 4.79 Å². The molecule has 0 radical (unpaired) electrons. The van der Waals surface area contributed by atoms with Crippen LogP contribution < -0.4 is 0 Å². The Morgan fingerprint density at radius 1 is 0.833 bits per heavy atom. The predicted octanol–water partition coefficient (Wildman–Crippen LogP) is 2.13. The maximum Gasteiger partial charge on any atom is 0.324 e. The van der Waals surface area contributed by atoms with Crippen molar-refractivity contribution in [2.45, 2.75) is 71.1 Å². The number of hydrogen-bond donors (Lipinski definition) is 0. The normalized spacial score (nSPS) is 8.56. The highest BCUT2D eigenvalue weighted by Crippen LogP contribution is 2.10. The molecule has 0 saturated heterocycles. The number of carbonyl (C=O) groups is 1. The molecule has 0 aliphatic rings. The fourth-order valence-corrected chi connectivity index (χ4v) is 1.70. The minimum atomic E-state index is -0.306. The summed E-state index contributed by atoms with van der Waals surface area (Å²) < 4.78 is 4.06. The van der Waals surface area contributed by atoms with E-state index in [1.54, 1.807) is 0 Å². The van der Waals surface area contributed by atoms with Crippen molar-refractivity contribution in [1.29, 1.82) is 0 Å². The molecule has 0 bridgehead atoms. The maximum absolute atomic E-state index is 10.7. The molecule has 0 fully saturated rings. The van der Waals surface area contributed by atoms with Gasteiger partial charge in [0.25, 0.3) is 0 Å². The standard InChI is InChI=1S/C12H23ClO2.3H2O/c1-2-3-4-5-6-7-8-9-10-11-12(14)15-13;;;/h2-11H2,1H3;3*1H2. The van der Waals surface area contributed by atoms with E-state index >= 15 is 0 Å². The molecular weight excluding hydrogens is 260 g/mol. The summed E-state index contributed by atoms with van der Waals surface area (Å²) in [5, 5.41) is 0. The molecule has 0 aliphatic carbocycles. The fourth-order valence-electron chi connectivity index (χ4n) is 1.62. The molecule has 0 unspecified atom stereocenters. The molecule has 0 aromatic carbocycles. The van der Waals surface area contributed by atoms with Gasteiger partial charge in [0.2, 0.25) is 0 Å². The highest BCUT2D eigenvalue weighted by atomic mass is 35.5. The Bertz CT molecular complexity index is 155. The zero-order chi connectivity index (χ0) is 11.4. The van der Waals surface area contributed by atoms with Crippen molar-refractivity contribution in [1.82, 2.24) is 0 Å². The molecular formula is C12H29ClO5. The Labute approximate surface area is 115 Å². The number of hydrogen-bond acceptors (Lipinski definition) is 2. The molecule has 6 N–H and O–H groups in total. The summed E-state index contributed by atoms with van der Waals surface area (Å²) in [6, 6.07) is 0. The number of carbonyl (C=O) groups excluding carboxylic acids is 1. The van der Waals surface area contributed by atoms with Gasteiger partial charge in [-0.3, -0.25) is 4.79 Å². The van der Waals surface area contributed by atoms with Gasteiger partial charge in [-0.25, -0.2) is 0 Å². The lowest BCUT2D eigenvalue weighted by Gasteiger charge is -2.00. The van der Waals surface area contributed by atoms with Gasteiger partial charge in [0.15, 0.2) is 0 Å². The summed E-state index contributed by atoms with van der Waals surface area (Å²) in [6.07, 6.45) is 11.7. The van der Waals surface area contributed by atoms with Crippen LogP contribution in [0.2, 0.25) is 0 Å². The number of unbranched alkanes of at least 4 members (excludes halogenated alkanes) is 8. The molecule has 0 amide bonds. The first kappa shape index (κ1) is 26.3. The summed E-state index contributed by atoms with van der Waals surface area (Å²) in [7, 11) is 0. The number of halogens is 1. The average molecular weight is 289 g/mol. The summed E-state index contributed by atoms with van der Waals surface area (Å²) in [4.78, 5) is 10.7. The van der Waals surface area contributed by atoms with Crippen LogP contribution in [0.4, 0.5) is 0 Å². The molecule has 0 aliphatic heterocycles. The van der Waals surface area contributed by atoms with Gasteiger partial charge in [-0.1, -0.05) is 58.3 Å². The second-order valence-corrected chi connectivity index (χ2v) is 4.18. The van der Waals surface area contributed by atoms with Crippen LogP contribution in [-0.4, -0.2) is 22.4 Å². The van der Waals surface area contributed by atoms with Crippen LogP contribution in [0.25, 0.3) is 0 Å². The van der Waals surface area contributed by atoms with Crippen molar-refractivity contribution in [2.75, 3.05) is 0 Å². The van der Waals surface area contributed by atoms with E-state index in [2.05, 4.69) is 11.2 Å². The Morgan fingerprint density at radius 3 is 1.61 bits per heavy atom. The van der Waals surface area contributed by atoms with Crippen LogP contribution in [0.1, 0.15) is 71.1 Å². The van der Waals surface area contributed by atoms with Gasteiger partial charge in [0, 0.05) is 6.42 Å². The van der Waals surface area contributed by atoms with Crippen molar-refractivity contribution in [3.63, 3.8) is 0 Å². The third kappa shape index (κ3) is 21.0. The molecule has 0 rings (SSSR count). The van der Waals surface area contributed by atoms with Gasteiger partial charge < -0.3 is 20.7 Å². The van der Waals surface area contributed by atoms with Gasteiger partial charge in [-0.2, -0.15) is 0 Å². The van der Waals surface area contributed by atoms with Crippen LogP contribution in [0, 0.1) is 0 Å². The summed E-state index contributed by atoms with van der Waals surface area (Å²) in [5.41, 5.74) is 0. The third-order valence-corrected chi connectivity index (χ3v) is 2.74. The Kier molecular flexibility index (Phi) is 31.9. The molecule has 0 saturated carbocycles. The van der Waals surface area contributed by atoms with E-state index in [4.69, 9.17) is 11.9 Å². The highest BCUT2D eigenvalue weighted by Gasteiger charge is 2.00. The van der Waals surface area contributed by atoms with Gasteiger partial charge in [-0.05, 0) is 6.42 Å². The Morgan fingerprint density at radius 2 is 1.22 bits per heavy atom. The summed E-state index contributed by atoms with van der Waals surface area (Å²) >= 11 is 4.91. The molecule has 5 nitrogen and oxygen atoms in total. The maximum atomic E-state index is 10.7. The van der Waals surface area contributed by atoms with Gasteiger partial charge in [-0.15, -0.1) is 0 Å². The van der Waals surface area contributed by atoms with E-state index in [1.807, 2.05) is 0 Å². The Balaban J connectivity index is -0.000000327. The van der Waals surface area contributed by atoms with Gasteiger partial charge >= 0.3 is 5.97 Å².